The van der Waals surface area contributed by atoms with E-state index < -0.39 is 0 Å². The Morgan fingerprint density at radius 3 is 2.55 bits per heavy atom. The second-order valence-electron chi connectivity index (χ2n) is 4.42. The lowest BCUT2D eigenvalue weighted by atomic mass is 10.3. The maximum atomic E-state index is 6.11. The lowest BCUT2D eigenvalue weighted by Gasteiger charge is -2.10. The Hall–Kier alpha value is -1.91. The molecule has 0 amide bonds. The highest BCUT2D eigenvalue weighted by Crippen LogP contribution is 2.38. The van der Waals surface area contributed by atoms with Crippen LogP contribution in [0.15, 0.2) is 36.7 Å². The van der Waals surface area contributed by atoms with Gasteiger partial charge in [-0.25, -0.2) is 4.98 Å². The van der Waals surface area contributed by atoms with Crippen LogP contribution in [-0.4, -0.2) is 9.55 Å². The minimum atomic E-state index is 0.375. The van der Waals surface area contributed by atoms with E-state index in [0.29, 0.717) is 27.2 Å². The molecule has 0 bridgehead atoms. The van der Waals surface area contributed by atoms with Crippen LogP contribution in [0.25, 0.3) is 11.0 Å². The quantitative estimate of drug-likeness (QED) is 0.720. The van der Waals surface area contributed by atoms with Crippen LogP contribution in [0.1, 0.15) is 0 Å². The van der Waals surface area contributed by atoms with Gasteiger partial charge < -0.3 is 15.0 Å². The molecule has 0 fully saturated rings. The monoisotopic (exact) mass is 307 g/mol. The third-order valence-corrected chi connectivity index (χ3v) is 3.50. The molecule has 0 aliphatic carbocycles. The number of benzene rings is 2. The second kappa shape index (κ2) is 4.89. The maximum Gasteiger partial charge on any atom is 0.164 e. The summed E-state index contributed by atoms with van der Waals surface area (Å²) >= 11 is 12.2. The third-order valence-electron chi connectivity index (χ3n) is 2.94. The number of anilines is 1. The van der Waals surface area contributed by atoms with Crippen LogP contribution < -0.4 is 10.5 Å². The van der Waals surface area contributed by atoms with E-state index in [4.69, 9.17) is 33.7 Å². The SMILES string of the molecule is Cn1cnc2ccc(Oc3c(Cl)cc(N)cc3Cl)cc21. The van der Waals surface area contributed by atoms with Crippen LogP contribution >= 0.6 is 23.2 Å². The predicted octanol–water partition coefficient (Wildman–Crippen LogP) is 4.25. The normalized spacial score (nSPS) is 10.9. The summed E-state index contributed by atoms with van der Waals surface area (Å²) in [5.41, 5.74) is 8.02. The van der Waals surface area contributed by atoms with E-state index in [0.717, 1.165) is 11.0 Å². The van der Waals surface area contributed by atoms with Gasteiger partial charge in [0.25, 0.3) is 0 Å². The van der Waals surface area contributed by atoms with Crippen LogP contribution in [0.5, 0.6) is 11.5 Å². The zero-order valence-electron chi connectivity index (χ0n) is 10.6. The fourth-order valence-corrected chi connectivity index (χ4v) is 2.55. The number of nitrogens with zero attached hydrogens (tertiary/aromatic N) is 2. The zero-order valence-corrected chi connectivity index (χ0v) is 12.1. The molecular weight excluding hydrogens is 297 g/mol. The van der Waals surface area contributed by atoms with Crippen molar-refractivity contribution in [2.75, 3.05) is 5.73 Å². The molecule has 1 aromatic heterocycles. The van der Waals surface area contributed by atoms with E-state index in [9.17, 15) is 0 Å². The Bertz CT molecular complexity index is 775. The molecule has 1 heterocycles. The van der Waals surface area contributed by atoms with Crippen LogP contribution in [0, 0.1) is 0 Å². The first-order chi connectivity index (χ1) is 9.54. The topological polar surface area (TPSA) is 53.1 Å². The van der Waals surface area contributed by atoms with Gasteiger partial charge in [-0.3, -0.25) is 0 Å². The van der Waals surface area contributed by atoms with Crippen molar-refractivity contribution in [1.82, 2.24) is 9.55 Å². The van der Waals surface area contributed by atoms with Gasteiger partial charge in [-0.15, -0.1) is 0 Å². The number of ether oxygens (including phenoxy) is 1. The van der Waals surface area contributed by atoms with Crippen molar-refractivity contribution in [2.24, 2.45) is 7.05 Å². The van der Waals surface area contributed by atoms with Crippen molar-refractivity contribution in [3.05, 3.63) is 46.7 Å². The molecule has 0 spiro atoms. The number of rotatable bonds is 2. The average Bonchev–Trinajstić information content (AvgIpc) is 2.75. The molecule has 0 unspecified atom stereocenters. The summed E-state index contributed by atoms with van der Waals surface area (Å²) < 4.78 is 7.68. The van der Waals surface area contributed by atoms with Crippen LogP contribution in [0.4, 0.5) is 5.69 Å². The van der Waals surface area contributed by atoms with Crippen molar-refractivity contribution in [3.8, 4) is 11.5 Å². The summed E-state index contributed by atoms with van der Waals surface area (Å²) in [6.45, 7) is 0. The first-order valence-electron chi connectivity index (χ1n) is 5.88. The van der Waals surface area contributed by atoms with Gasteiger partial charge in [-0.2, -0.15) is 0 Å². The van der Waals surface area contributed by atoms with Gasteiger partial charge in [0, 0.05) is 18.8 Å². The largest absolute Gasteiger partial charge is 0.454 e. The third kappa shape index (κ3) is 2.28. The molecule has 20 heavy (non-hydrogen) atoms. The lowest BCUT2D eigenvalue weighted by Crippen LogP contribution is -1.91. The Labute approximate surface area is 125 Å². The van der Waals surface area contributed by atoms with Crippen LogP contribution in [-0.2, 0) is 7.05 Å². The van der Waals surface area contributed by atoms with Gasteiger partial charge in [0.15, 0.2) is 5.75 Å². The number of halogens is 2. The highest BCUT2D eigenvalue weighted by molar-refractivity contribution is 6.37. The summed E-state index contributed by atoms with van der Waals surface area (Å²) in [5.74, 6) is 1.03. The molecule has 0 aliphatic heterocycles. The number of imidazole rings is 1. The van der Waals surface area contributed by atoms with Gasteiger partial charge in [0.1, 0.15) is 5.75 Å². The second-order valence-corrected chi connectivity index (χ2v) is 5.24. The molecule has 2 N–H and O–H groups in total. The van der Waals surface area contributed by atoms with Gasteiger partial charge in [0.05, 0.1) is 27.4 Å². The van der Waals surface area contributed by atoms with Gasteiger partial charge in [-0.05, 0) is 24.3 Å². The van der Waals surface area contributed by atoms with E-state index in [2.05, 4.69) is 4.98 Å². The Morgan fingerprint density at radius 1 is 1.15 bits per heavy atom. The van der Waals surface area contributed by atoms with Crippen molar-refractivity contribution in [2.45, 2.75) is 0 Å². The van der Waals surface area contributed by atoms with Crippen molar-refractivity contribution in [3.63, 3.8) is 0 Å². The first-order valence-corrected chi connectivity index (χ1v) is 6.63. The molecule has 0 aliphatic rings. The molecular formula is C14H11Cl2N3O. The van der Waals surface area contributed by atoms with Gasteiger partial charge in [-0.1, -0.05) is 23.2 Å². The summed E-state index contributed by atoms with van der Waals surface area (Å²) in [5, 5.41) is 0.750. The molecule has 2 aromatic carbocycles. The number of aromatic nitrogens is 2. The Balaban J connectivity index is 2.03. The van der Waals surface area contributed by atoms with E-state index >= 15 is 0 Å². The number of fused-ring (bicyclic) bond motifs is 1. The number of aryl methyl sites for hydroxylation is 1. The molecule has 102 valence electrons. The van der Waals surface area contributed by atoms with Gasteiger partial charge >= 0.3 is 0 Å². The van der Waals surface area contributed by atoms with Crippen LogP contribution in [0.3, 0.4) is 0 Å². The van der Waals surface area contributed by atoms with Crippen molar-refractivity contribution >= 4 is 39.9 Å². The van der Waals surface area contributed by atoms with E-state index in [1.807, 2.05) is 29.8 Å². The number of nitrogens with two attached hydrogens (primary N) is 1. The molecule has 3 aromatic rings. The van der Waals surface area contributed by atoms with Crippen molar-refractivity contribution < 1.29 is 4.74 Å². The number of nitrogen functional groups attached to an aromatic ring is 1. The van der Waals surface area contributed by atoms with E-state index in [1.165, 1.54) is 0 Å². The fourth-order valence-electron chi connectivity index (χ4n) is 1.96. The molecule has 0 radical (unpaired) electrons. The van der Waals surface area contributed by atoms with E-state index in [-0.39, 0.29) is 0 Å². The van der Waals surface area contributed by atoms with Crippen LogP contribution in [0.2, 0.25) is 10.0 Å². The number of hydrogen-bond acceptors (Lipinski definition) is 3. The molecule has 6 heteroatoms. The minimum Gasteiger partial charge on any atom is -0.454 e. The maximum absolute atomic E-state index is 6.11. The summed E-state index contributed by atoms with van der Waals surface area (Å²) in [6.07, 6.45) is 1.75. The summed E-state index contributed by atoms with van der Waals surface area (Å²) in [7, 11) is 1.92. The highest BCUT2D eigenvalue weighted by Gasteiger charge is 2.11. The molecule has 0 atom stereocenters. The van der Waals surface area contributed by atoms with E-state index in [1.54, 1.807) is 18.5 Å². The smallest absolute Gasteiger partial charge is 0.164 e. The fraction of sp³-hybridized carbons (Fsp3) is 0.0714. The summed E-state index contributed by atoms with van der Waals surface area (Å²) in [4.78, 5) is 4.25. The predicted molar refractivity (Wildman–Crippen MR) is 81.7 cm³/mol. The Kier molecular flexibility index (Phi) is 3.20. The average molecular weight is 308 g/mol. The van der Waals surface area contributed by atoms with Crippen molar-refractivity contribution in [1.29, 1.82) is 0 Å². The Morgan fingerprint density at radius 2 is 1.85 bits per heavy atom. The molecule has 0 saturated carbocycles. The number of hydrogen-bond donors (Lipinski definition) is 1. The minimum absolute atomic E-state index is 0.375. The van der Waals surface area contributed by atoms with Gasteiger partial charge in [0.2, 0.25) is 0 Å². The highest BCUT2D eigenvalue weighted by atomic mass is 35.5. The lowest BCUT2D eigenvalue weighted by molar-refractivity contribution is 0.484. The molecule has 0 saturated heterocycles. The molecule has 3 rings (SSSR count). The zero-order chi connectivity index (χ0) is 14.3. The standard InChI is InChI=1S/C14H11Cl2N3O/c1-19-7-18-12-3-2-9(6-13(12)19)20-14-10(15)4-8(17)5-11(14)16/h2-7H,17H2,1H3. The molecule has 4 nitrogen and oxygen atoms in total. The summed E-state index contributed by atoms with van der Waals surface area (Å²) in [6, 6.07) is 8.78. The first kappa shape index (κ1) is 13.1.